The largest absolute Gasteiger partial charge is 0.444 e. The Morgan fingerprint density at radius 3 is 1.61 bits per heavy atom. The third kappa shape index (κ3) is 15.7. The summed E-state index contributed by atoms with van der Waals surface area (Å²) < 4.78 is 13.9. The SMILES string of the molecule is Cc1cc(-c2ccnc(Cl)n2)ccc1CNC(=O)OC(C)(C)C.Cc1cc(-c2ccnc(Nc3cnn(C)c3)n2)ccc1CNC(=O)OC(C)(C)C.Cn1cc(N)cn1. The van der Waals surface area contributed by atoms with Gasteiger partial charge in [0.15, 0.2) is 0 Å². The number of nitrogens with zero attached hydrogens (tertiary/aromatic N) is 8. The summed E-state index contributed by atoms with van der Waals surface area (Å²) >= 11 is 5.82. The van der Waals surface area contributed by atoms with Gasteiger partial charge in [-0.15, -0.1) is 0 Å². The van der Waals surface area contributed by atoms with E-state index in [1.807, 2.05) is 118 Å². The molecule has 0 fully saturated rings. The van der Waals surface area contributed by atoms with Crippen LogP contribution in [0.3, 0.4) is 0 Å². The van der Waals surface area contributed by atoms with Crippen molar-refractivity contribution < 1.29 is 19.1 Å². The Labute approximate surface area is 350 Å². The van der Waals surface area contributed by atoms with Crippen molar-refractivity contribution in [3.8, 4) is 22.5 Å². The Balaban J connectivity index is 0.000000227. The highest BCUT2D eigenvalue weighted by atomic mass is 35.5. The van der Waals surface area contributed by atoms with Crippen molar-refractivity contribution in [2.45, 2.75) is 79.7 Å². The molecule has 0 saturated carbocycles. The highest BCUT2D eigenvalue weighted by Crippen LogP contribution is 2.24. The minimum Gasteiger partial charge on any atom is -0.444 e. The van der Waals surface area contributed by atoms with E-state index in [4.69, 9.17) is 26.8 Å². The maximum Gasteiger partial charge on any atom is 0.407 e. The molecule has 4 aromatic heterocycles. The van der Waals surface area contributed by atoms with Gasteiger partial charge in [0.25, 0.3) is 0 Å². The number of rotatable bonds is 8. The van der Waals surface area contributed by atoms with Gasteiger partial charge in [0.2, 0.25) is 11.2 Å². The van der Waals surface area contributed by atoms with E-state index in [0.717, 1.165) is 50.5 Å². The molecule has 17 heteroatoms. The molecule has 16 nitrogen and oxygen atoms in total. The summed E-state index contributed by atoms with van der Waals surface area (Å²) in [6, 6.07) is 15.6. The van der Waals surface area contributed by atoms with Gasteiger partial charge in [-0.25, -0.2) is 29.5 Å². The number of nitrogens with one attached hydrogen (secondary N) is 3. The second-order valence-corrected chi connectivity index (χ2v) is 15.8. The highest BCUT2D eigenvalue weighted by molar-refractivity contribution is 6.28. The van der Waals surface area contributed by atoms with Crippen LogP contribution in [0.25, 0.3) is 22.5 Å². The predicted octanol–water partition coefficient (Wildman–Crippen LogP) is 8.09. The molecule has 0 atom stereocenters. The number of anilines is 3. The predicted molar refractivity (Wildman–Crippen MR) is 230 cm³/mol. The average molecular weight is 825 g/mol. The summed E-state index contributed by atoms with van der Waals surface area (Å²) in [6.07, 6.45) is 9.41. The lowest BCUT2D eigenvalue weighted by Gasteiger charge is -2.20. The average Bonchev–Trinajstić information content (AvgIpc) is 3.74. The van der Waals surface area contributed by atoms with Gasteiger partial charge >= 0.3 is 12.2 Å². The number of benzene rings is 2. The first-order valence-electron chi connectivity index (χ1n) is 18.7. The number of alkyl carbamates (subject to hydrolysis) is 2. The normalized spacial score (nSPS) is 11.0. The zero-order valence-corrected chi connectivity index (χ0v) is 35.9. The number of carbonyl (C=O) groups excluding carboxylic acids is 2. The molecule has 0 bridgehead atoms. The third-order valence-corrected chi connectivity index (χ3v) is 8.07. The number of hydrogen-bond acceptors (Lipinski definition) is 12. The number of aromatic nitrogens is 8. The molecule has 2 aromatic carbocycles. The number of nitrogens with two attached hydrogens (primary N) is 1. The van der Waals surface area contributed by atoms with E-state index >= 15 is 0 Å². The minimum atomic E-state index is -0.516. The number of amides is 2. The van der Waals surface area contributed by atoms with E-state index in [2.05, 4.69) is 46.1 Å². The Morgan fingerprint density at radius 1 is 0.712 bits per heavy atom. The van der Waals surface area contributed by atoms with Crippen LogP contribution < -0.4 is 21.7 Å². The first kappa shape index (κ1) is 45.2. The van der Waals surface area contributed by atoms with Crippen molar-refractivity contribution in [3.63, 3.8) is 0 Å². The zero-order valence-electron chi connectivity index (χ0n) is 35.2. The standard InChI is InChI=1S/C21H26N6O2.C17H20ClN3O2.C4H7N3/c1-14-10-15(6-7-16(14)11-23-20(28)29-21(2,3)4)18-8-9-22-19(26-18)25-17-12-24-27(5)13-17;1-11-9-12(14-7-8-19-15(18)21-14)5-6-13(11)10-20-16(22)23-17(2,3)4;1-7-3-4(5)2-6-7/h6-10,12-13H,11H2,1-5H3,(H,23,28)(H,22,25,26);5-9H,10H2,1-4H3,(H,20,22);2-3H,5H2,1H3. The molecule has 0 radical (unpaired) electrons. The van der Waals surface area contributed by atoms with Crippen molar-refractivity contribution in [2.24, 2.45) is 14.1 Å². The molecule has 2 amide bonds. The monoisotopic (exact) mass is 824 g/mol. The first-order chi connectivity index (χ1) is 27.7. The molecule has 312 valence electrons. The molecular formula is C42H53ClN12O4. The second-order valence-electron chi connectivity index (χ2n) is 15.4. The van der Waals surface area contributed by atoms with Crippen LogP contribution in [0.5, 0.6) is 0 Å². The lowest BCUT2D eigenvalue weighted by molar-refractivity contribution is 0.0512. The van der Waals surface area contributed by atoms with Gasteiger partial charge in [-0.1, -0.05) is 24.3 Å². The zero-order chi connectivity index (χ0) is 43.3. The number of carbonyl (C=O) groups is 2. The van der Waals surface area contributed by atoms with Gasteiger partial charge < -0.3 is 31.2 Å². The van der Waals surface area contributed by atoms with E-state index in [1.165, 1.54) is 0 Å². The van der Waals surface area contributed by atoms with E-state index in [1.54, 1.807) is 46.4 Å². The molecule has 0 aliphatic heterocycles. The molecule has 5 N–H and O–H groups in total. The molecule has 0 unspecified atom stereocenters. The molecule has 59 heavy (non-hydrogen) atoms. The number of hydrogen-bond donors (Lipinski definition) is 4. The second kappa shape index (κ2) is 20.2. The summed E-state index contributed by atoms with van der Waals surface area (Å²) in [5, 5.41) is 16.8. The van der Waals surface area contributed by atoms with E-state index in [9.17, 15) is 9.59 Å². The Hall–Kier alpha value is -6.55. The maximum atomic E-state index is 11.9. The first-order valence-corrected chi connectivity index (χ1v) is 19.1. The lowest BCUT2D eigenvalue weighted by Crippen LogP contribution is -2.32. The summed E-state index contributed by atoms with van der Waals surface area (Å²) in [6.45, 7) is 15.8. The van der Waals surface area contributed by atoms with Crippen molar-refractivity contribution in [1.29, 1.82) is 0 Å². The van der Waals surface area contributed by atoms with Crippen LogP contribution in [0.2, 0.25) is 5.28 Å². The van der Waals surface area contributed by atoms with Crippen molar-refractivity contribution >= 4 is 41.1 Å². The van der Waals surface area contributed by atoms with Gasteiger partial charge in [0, 0.05) is 63.1 Å². The van der Waals surface area contributed by atoms with Gasteiger partial charge in [-0.2, -0.15) is 10.2 Å². The van der Waals surface area contributed by atoms with Crippen molar-refractivity contribution in [2.75, 3.05) is 11.1 Å². The van der Waals surface area contributed by atoms with Crippen LogP contribution in [0, 0.1) is 13.8 Å². The van der Waals surface area contributed by atoms with Gasteiger partial charge in [-0.05, 0) is 114 Å². The quantitative estimate of drug-likeness (QED) is 0.108. The number of aryl methyl sites for hydroxylation is 4. The van der Waals surface area contributed by atoms with Crippen LogP contribution in [-0.4, -0.2) is 62.9 Å². The summed E-state index contributed by atoms with van der Waals surface area (Å²) in [7, 11) is 3.68. The fourth-order valence-corrected chi connectivity index (χ4v) is 5.35. The van der Waals surface area contributed by atoms with E-state index in [-0.39, 0.29) is 5.28 Å². The molecule has 6 aromatic rings. The number of halogens is 1. The molecule has 0 aliphatic carbocycles. The molecule has 4 heterocycles. The van der Waals surface area contributed by atoms with E-state index in [0.29, 0.717) is 24.7 Å². The number of ether oxygens (including phenoxy) is 2. The van der Waals surface area contributed by atoms with Crippen molar-refractivity contribution in [1.82, 2.24) is 50.1 Å². The van der Waals surface area contributed by atoms with Gasteiger partial charge in [-0.3, -0.25) is 9.36 Å². The van der Waals surface area contributed by atoms with Gasteiger partial charge in [0.05, 0.1) is 35.2 Å². The minimum absolute atomic E-state index is 0.218. The molecule has 0 aliphatic rings. The lowest BCUT2D eigenvalue weighted by atomic mass is 10.0. The summed E-state index contributed by atoms with van der Waals surface area (Å²) in [5.41, 5.74) is 13.4. The van der Waals surface area contributed by atoms with Crippen LogP contribution in [0.1, 0.15) is 63.8 Å². The van der Waals surface area contributed by atoms with Gasteiger partial charge in [0.1, 0.15) is 11.2 Å². The summed E-state index contributed by atoms with van der Waals surface area (Å²) in [4.78, 5) is 40.5. The Morgan fingerprint density at radius 2 is 1.20 bits per heavy atom. The number of nitrogen functional groups attached to an aromatic ring is 1. The fraction of sp³-hybridized carbons (Fsp3) is 0.333. The smallest absolute Gasteiger partial charge is 0.407 e. The Kier molecular flexibility index (Phi) is 15.5. The van der Waals surface area contributed by atoms with Crippen LogP contribution in [0.4, 0.5) is 26.9 Å². The van der Waals surface area contributed by atoms with Crippen LogP contribution in [-0.2, 0) is 36.7 Å². The highest BCUT2D eigenvalue weighted by Gasteiger charge is 2.17. The molecule has 6 rings (SSSR count). The molecular weight excluding hydrogens is 772 g/mol. The Bertz CT molecular complexity index is 2310. The van der Waals surface area contributed by atoms with Crippen molar-refractivity contribution in [3.05, 3.63) is 113 Å². The fourth-order valence-electron chi connectivity index (χ4n) is 5.20. The van der Waals surface area contributed by atoms with Crippen LogP contribution in [0.15, 0.2) is 85.7 Å². The molecule has 0 spiro atoms. The maximum absolute atomic E-state index is 11.9. The van der Waals surface area contributed by atoms with Crippen LogP contribution >= 0.6 is 11.6 Å². The summed E-state index contributed by atoms with van der Waals surface area (Å²) in [5.74, 6) is 0.504. The van der Waals surface area contributed by atoms with E-state index < -0.39 is 23.4 Å². The topological polar surface area (TPSA) is 202 Å². The third-order valence-electron chi connectivity index (χ3n) is 7.89. The molecule has 0 saturated heterocycles.